The monoisotopic (exact) mass is 325 g/mol. The van der Waals surface area contributed by atoms with Crippen molar-refractivity contribution in [2.75, 3.05) is 26.8 Å². The number of likely N-dealkylation sites (tertiary alicyclic amines) is 1. The summed E-state index contributed by atoms with van der Waals surface area (Å²) in [5.74, 6) is 1.02. The predicted molar refractivity (Wildman–Crippen MR) is 88.2 cm³/mol. The lowest BCUT2D eigenvalue weighted by Crippen LogP contribution is -2.33. The third-order valence-corrected chi connectivity index (χ3v) is 4.19. The standard InChI is InChI=1S/C17H24ClNO3/c1-3-22-16-14(18)11-13(12-15(16)21-2)17(20)19-9-7-5-4-6-8-10-19/h11-12H,3-10H2,1-2H3. The molecule has 1 aliphatic heterocycles. The van der Waals surface area contributed by atoms with E-state index in [-0.39, 0.29) is 5.91 Å². The van der Waals surface area contributed by atoms with Crippen molar-refractivity contribution in [2.45, 2.75) is 39.0 Å². The van der Waals surface area contributed by atoms with Crippen molar-refractivity contribution >= 4 is 17.5 Å². The lowest BCUT2D eigenvalue weighted by atomic mass is 10.1. The number of halogens is 1. The molecule has 122 valence electrons. The number of benzene rings is 1. The van der Waals surface area contributed by atoms with Crippen LogP contribution in [0.5, 0.6) is 11.5 Å². The lowest BCUT2D eigenvalue weighted by molar-refractivity contribution is 0.0742. The Labute approximate surface area is 137 Å². The Kier molecular flexibility index (Phi) is 6.37. The molecule has 5 heteroatoms. The van der Waals surface area contributed by atoms with E-state index in [0.29, 0.717) is 28.7 Å². The number of ether oxygens (including phenoxy) is 2. The first-order valence-electron chi connectivity index (χ1n) is 7.97. The average Bonchev–Trinajstić information content (AvgIpc) is 2.48. The lowest BCUT2D eigenvalue weighted by Gasteiger charge is -2.25. The Bertz CT molecular complexity index is 511. The van der Waals surface area contributed by atoms with E-state index in [4.69, 9.17) is 21.1 Å². The van der Waals surface area contributed by atoms with E-state index in [1.165, 1.54) is 19.3 Å². The summed E-state index contributed by atoms with van der Waals surface area (Å²) in [4.78, 5) is 14.6. The molecule has 0 radical (unpaired) electrons. The Morgan fingerprint density at radius 1 is 1.18 bits per heavy atom. The largest absolute Gasteiger partial charge is 0.493 e. The van der Waals surface area contributed by atoms with Crippen LogP contribution in [0.2, 0.25) is 5.02 Å². The molecule has 0 bridgehead atoms. The van der Waals surface area contributed by atoms with Crippen LogP contribution < -0.4 is 9.47 Å². The molecule has 1 aromatic carbocycles. The highest BCUT2D eigenvalue weighted by molar-refractivity contribution is 6.32. The zero-order valence-electron chi connectivity index (χ0n) is 13.4. The molecule has 2 rings (SSSR count). The van der Waals surface area contributed by atoms with Crippen LogP contribution in [0.4, 0.5) is 0 Å². The second-order valence-corrected chi connectivity index (χ2v) is 5.89. The first-order chi connectivity index (χ1) is 10.7. The molecule has 0 unspecified atom stereocenters. The van der Waals surface area contributed by atoms with Crippen molar-refractivity contribution in [3.05, 3.63) is 22.7 Å². The number of rotatable bonds is 4. The highest BCUT2D eigenvalue weighted by Gasteiger charge is 2.20. The third-order valence-electron chi connectivity index (χ3n) is 3.91. The number of carbonyl (C=O) groups excluding carboxylic acids is 1. The molecule has 4 nitrogen and oxygen atoms in total. The first-order valence-corrected chi connectivity index (χ1v) is 8.34. The quantitative estimate of drug-likeness (QED) is 0.834. The molecule has 1 aliphatic rings. The smallest absolute Gasteiger partial charge is 0.254 e. The number of carbonyl (C=O) groups is 1. The molecule has 0 atom stereocenters. The number of hydrogen-bond donors (Lipinski definition) is 0. The summed E-state index contributed by atoms with van der Waals surface area (Å²) in [6.07, 6.45) is 5.78. The van der Waals surface area contributed by atoms with Crippen molar-refractivity contribution in [3.63, 3.8) is 0 Å². The van der Waals surface area contributed by atoms with Gasteiger partial charge in [0.2, 0.25) is 0 Å². The molecule has 0 N–H and O–H groups in total. The Balaban J connectivity index is 2.23. The highest BCUT2D eigenvalue weighted by Crippen LogP contribution is 2.36. The Hall–Kier alpha value is -1.42. The summed E-state index contributed by atoms with van der Waals surface area (Å²) in [7, 11) is 1.55. The predicted octanol–water partition coefficient (Wildman–Crippen LogP) is 4.15. The molecule has 1 amide bonds. The van der Waals surface area contributed by atoms with E-state index in [9.17, 15) is 4.79 Å². The normalized spacial score (nSPS) is 15.9. The van der Waals surface area contributed by atoms with Gasteiger partial charge in [-0.05, 0) is 31.9 Å². The van der Waals surface area contributed by atoms with Crippen LogP contribution in [-0.4, -0.2) is 37.6 Å². The Morgan fingerprint density at radius 3 is 2.41 bits per heavy atom. The van der Waals surface area contributed by atoms with Crippen LogP contribution >= 0.6 is 11.6 Å². The van der Waals surface area contributed by atoms with Gasteiger partial charge in [-0.15, -0.1) is 0 Å². The molecule has 0 aliphatic carbocycles. The number of methoxy groups -OCH3 is 1. The van der Waals surface area contributed by atoms with Crippen molar-refractivity contribution in [3.8, 4) is 11.5 Å². The maximum absolute atomic E-state index is 12.7. The van der Waals surface area contributed by atoms with Crippen molar-refractivity contribution < 1.29 is 14.3 Å². The van der Waals surface area contributed by atoms with Crippen LogP contribution in [0, 0.1) is 0 Å². The second kappa shape index (κ2) is 8.28. The van der Waals surface area contributed by atoms with E-state index in [1.807, 2.05) is 11.8 Å². The number of amides is 1. The zero-order valence-corrected chi connectivity index (χ0v) is 14.1. The van der Waals surface area contributed by atoms with Gasteiger partial charge in [-0.25, -0.2) is 0 Å². The van der Waals surface area contributed by atoms with E-state index in [0.717, 1.165) is 25.9 Å². The van der Waals surface area contributed by atoms with E-state index in [1.54, 1.807) is 19.2 Å². The molecule has 22 heavy (non-hydrogen) atoms. The van der Waals surface area contributed by atoms with Gasteiger partial charge in [-0.1, -0.05) is 30.9 Å². The zero-order chi connectivity index (χ0) is 15.9. The van der Waals surface area contributed by atoms with Crippen LogP contribution in [0.25, 0.3) is 0 Å². The maximum atomic E-state index is 12.7. The van der Waals surface area contributed by atoms with Crippen LogP contribution in [-0.2, 0) is 0 Å². The summed E-state index contributed by atoms with van der Waals surface area (Å²) < 4.78 is 10.8. The summed E-state index contributed by atoms with van der Waals surface area (Å²) >= 11 is 6.26. The van der Waals surface area contributed by atoms with Crippen molar-refractivity contribution in [1.82, 2.24) is 4.90 Å². The molecule has 1 fully saturated rings. The molecule has 1 heterocycles. The minimum atomic E-state index is 0.0187. The molecule has 0 saturated carbocycles. The van der Waals surface area contributed by atoms with Gasteiger partial charge >= 0.3 is 0 Å². The van der Waals surface area contributed by atoms with Crippen molar-refractivity contribution in [1.29, 1.82) is 0 Å². The van der Waals surface area contributed by atoms with Crippen LogP contribution in [0.3, 0.4) is 0 Å². The van der Waals surface area contributed by atoms with E-state index < -0.39 is 0 Å². The van der Waals surface area contributed by atoms with Gasteiger partial charge in [0.1, 0.15) is 0 Å². The van der Waals surface area contributed by atoms with Gasteiger partial charge in [0.15, 0.2) is 11.5 Å². The Morgan fingerprint density at radius 2 is 1.82 bits per heavy atom. The molecule has 1 aromatic rings. The summed E-state index contributed by atoms with van der Waals surface area (Å²) in [5, 5.41) is 0.414. The second-order valence-electron chi connectivity index (χ2n) is 5.48. The fraction of sp³-hybridized carbons (Fsp3) is 0.588. The number of nitrogens with zero attached hydrogens (tertiary/aromatic N) is 1. The minimum absolute atomic E-state index is 0.0187. The number of hydrogen-bond acceptors (Lipinski definition) is 3. The van der Waals surface area contributed by atoms with Gasteiger partial charge < -0.3 is 14.4 Å². The summed E-state index contributed by atoms with van der Waals surface area (Å²) in [6.45, 7) is 4.00. The van der Waals surface area contributed by atoms with E-state index >= 15 is 0 Å². The first kappa shape index (κ1) is 16.9. The fourth-order valence-corrected chi connectivity index (χ4v) is 3.03. The SMILES string of the molecule is CCOc1c(Cl)cc(C(=O)N2CCCCCCC2)cc1OC. The van der Waals surface area contributed by atoms with Gasteiger partial charge in [0.25, 0.3) is 5.91 Å². The van der Waals surface area contributed by atoms with Gasteiger partial charge in [-0.2, -0.15) is 0 Å². The summed E-state index contributed by atoms with van der Waals surface area (Å²) in [6, 6.07) is 3.40. The van der Waals surface area contributed by atoms with Crippen molar-refractivity contribution in [2.24, 2.45) is 0 Å². The molecule has 1 saturated heterocycles. The minimum Gasteiger partial charge on any atom is -0.493 e. The molecular weight excluding hydrogens is 302 g/mol. The summed E-state index contributed by atoms with van der Waals surface area (Å²) in [5.41, 5.74) is 0.561. The fourth-order valence-electron chi connectivity index (χ4n) is 2.76. The van der Waals surface area contributed by atoms with Crippen LogP contribution in [0.15, 0.2) is 12.1 Å². The van der Waals surface area contributed by atoms with E-state index in [2.05, 4.69) is 0 Å². The van der Waals surface area contributed by atoms with Gasteiger partial charge in [0.05, 0.1) is 18.7 Å². The van der Waals surface area contributed by atoms with Gasteiger partial charge in [-0.3, -0.25) is 4.79 Å². The molecular formula is C17H24ClNO3. The third kappa shape index (κ3) is 4.07. The topological polar surface area (TPSA) is 38.8 Å². The maximum Gasteiger partial charge on any atom is 0.254 e. The average molecular weight is 326 g/mol. The van der Waals surface area contributed by atoms with Crippen LogP contribution in [0.1, 0.15) is 49.4 Å². The highest BCUT2D eigenvalue weighted by atomic mass is 35.5. The molecule has 0 spiro atoms. The van der Waals surface area contributed by atoms with Gasteiger partial charge in [0, 0.05) is 18.7 Å². The molecule has 0 aromatic heterocycles.